The van der Waals surface area contributed by atoms with E-state index < -0.39 is 0 Å². The number of anilines is 1. The van der Waals surface area contributed by atoms with E-state index >= 15 is 0 Å². The number of nitrogens with one attached hydrogen (secondary N) is 1. The molecule has 0 unspecified atom stereocenters. The van der Waals surface area contributed by atoms with Gasteiger partial charge in [-0.3, -0.25) is 0 Å². The minimum atomic E-state index is -0.284. The first-order valence-electron chi connectivity index (χ1n) is 6.57. The van der Waals surface area contributed by atoms with E-state index in [4.69, 9.17) is 4.52 Å². The van der Waals surface area contributed by atoms with Gasteiger partial charge in [0, 0.05) is 22.8 Å². The summed E-state index contributed by atoms with van der Waals surface area (Å²) >= 11 is 3.24. The topological polar surface area (TPSA) is 63.8 Å². The maximum Gasteiger partial charge on any atom is 0.261 e. The summed E-state index contributed by atoms with van der Waals surface area (Å²) in [5.41, 5.74) is 1.22. The van der Waals surface area contributed by atoms with E-state index in [9.17, 15) is 4.39 Å². The highest BCUT2D eigenvalue weighted by atomic mass is 79.9. The Labute approximate surface area is 134 Å². The SMILES string of the molecule is Cc1noc(-c2cccnc2NCc2ccc(Br)cc2F)n1. The number of rotatable bonds is 4. The largest absolute Gasteiger partial charge is 0.365 e. The molecule has 2 heterocycles. The van der Waals surface area contributed by atoms with Crippen molar-refractivity contribution in [3.05, 3.63) is 58.2 Å². The van der Waals surface area contributed by atoms with E-state index in [1.165, 1.54) is 6.07 Å². The Morgan fingerprint density at radius 3 is 2.91 bits per heavy atom. The Bertz CT molecular complexity index is 806. The molecule has 0 saturated carbocycles. The van der Waals surface area contributed by atoms with Crippen LogP contribution in [0, 0.1) is 12.7 Å². The Hall–Kier alpha value is -2.28. The third-order valence-electron chi connectivity index (χ3n) is 3.03. The van der Waals surface area contributed by atoms with Crippen molar-refractivity contribution >= 4 is 21.7 Å². The van der Waals surface area contributed by atoms with Gasteiger partial charge in [0.05, 0.1) is 5.56 Å². The molecule has 0 fully saturated rings. The quantitative estimate of drug-likeness (QED) is 0.760. The number of nitrogens with zero attached hydrogens (tertiary/aromatic N) is 3. The van der Waals surface area contributed by atoms with E-state index in [1.807, 2.05) is 6.07 Å². The third-order valence-corrected chi connectivity index (χ3v) is 3.52. The van der Waals surface area contributed by atoms with Crippen LogP contribution in [0.15, 0.2) is 45.5 Å². The van der Waals surface area contributed by atoms with Gasteiger partial charge in [-0.05, 0) is 31.2 Å². The lowest BCUT2D eigenvalue weighted by atomic mass is 10.2. The molecular weight excluding hydrogens is 351 g/mol. The number of hydrogen-bond donors (Lipinski definition) is 1. The van der Waals surface area contributed by atoms with Gasteiger partial charge in [0.15, 0.2) is 5.82 Å². The van der Waals surface area contributed by atoms with Crippen LogP contribution in [0.2, 0.25) is 0 Å². The maximum atomic E-state index is 13.8. The molecule has 0 radical (unpaired) electrons. The van der Waals surface area contributed by atoms with Crippen molar-refractivity contribution in [2.24, 2.45) is 0 Å². The summed E-state index contributed by atoms with van der Waals surface area (Å²) in [6.45, 7) is 2.05. The number of benzene rings is 1. The highest BCUT2D eigenvalue weighted by Crippen LogP contribution is 2.25. The summed E-state index contributed by atoms with van der Waals surface area (Å²) < 4.78 is 19.7. The third kappa shape index (κ3) is 3.14. The molecule has 0 bridgehead atoms. The second kappa shape index (κ2) is 6.23. The average Bonchev–Trinajstić information content (AvgIpc) is 2.93. The normalized spacial score (nSPS) is 10.7. The van der Waals surface area contributed by atoms with Gasteiger partial charge in [-0.15, -0.1) is 0 Å². The first kappa shape index (κ1) is 14.6. The van der Waals surface area contributed by atoms with Crippen molar-refractivity contribution in [1.29, 1.82) is 0 Å². The Morgan fingerprint density at radius 2 is 2.18 bits per heavy atom. The molecule has 3 aromatic rings. The van der Waals surface area contributed by atoms with Crippen LogP contribution in [0.1, 0.15) is 11.4 Å². The predicted molar refractivity (Wildman–Crippen MR) is 83.7 cm³/mol. The molecule has 112 valence electrons. The van der Waals surface area contributed by atoms with Gasteiger partial charge in [0.2, 0.25) is 0 Å². The minimum absolute atomic E-state index is 0.284. The number of aromatic nitrogens is 3. The number of hydrogen-bond acceptors (Lipinski definition) is 5. The number of halogens is 2. The molecule has 0 amide bonds. The van der Waals surface area contributed by atoms with Crippen molar-refractivity contribution in [3.8, 4) is 11.5 Å². The lowest BCUT2D eigenvalue weighted by Gasteiger charge is -2.09. The molecule has 2 aromatic heterocycles. The molecule has 0 aliphatic carbocycles. The number of pyridine rings is 1. The smallest absolute Gasteiger partial charge is 0.261 e. The van der Waals surface area contributed by atoms with Gasteiger partial charge in [-0.2, -0.15) is 4.98 Å². The second-order valence-electron chi connectivity index (χ2n) is 4.64. The molecule has 1 N–H and O–H groups in total. The fourth-order valence-electron chi connectivity index (χ4n) is 1.97. The van der Waals surface area contributed by atoms with Crippen LogP contribution < -0.4 is 5.32 Å². The van der Waals surface area contributed by atoms with E-state index in [1.54, 1.807) is 31.3 Å². The summed E-state index contributed by atoms with van der Waals surface area (Å²) in [5.74, 6) is 1.20. The zero-order valence-electron chi connectivity index (χ0n) is 11.7. The van der Waals surface area contributed by atoms with Crippen molar-refractivity contribution in [1.82, 2.24) is 15.1 Å². The summed E-state index contributed by atoms with van der Waals surface area (Å²) in [5, 5.41) is 6.87. The first-order chi connectivity index (χ1) is 10.6. The van der Waals surface area contributed by atoms with Crippen LogP contribution in [0.25, 0.3) is 11.5 Å². The van der Waals surface area contributed by atoms with Crippen LogP contribution in [-0.2, 0) is 6.54 Å². The van der Waals surface area contributed by atoms with E-state index in [0.29, 0.717) is 39.7 Å². The fourth-order valence-corrected chi connectivity index (χ4v) is 2.30. The minimum Gasteiger partial charge on any atom is -0.365 e. The van der Waals surface area contributed by atoms with Crippen molar-refractivity contribution < 1.29 is 8.91 Å². The van der Waals surface area contributed by atoms with E-state index in [-0.39, 0.29) is 5.82 Å². The monoisotopic (exact) mass is 362 g/mol. The zero-order valence-corrected chi connectivity index (χ0v) is 13.3. The van der Waals surface area contributed by atoms with Crippen molar-refractivity contribution in [3.63, 3.8) is 0 Å². The van der Waals surface area contributed by atoms with Gasteiger partial charge < -0.3 is 9.84 Å². The van der Waals surface area contributed by atoms with Gasteiger partial charge in [0.1, 0.15) is 11.6 Å². The van der Waals surface area contributed by atoms with Gasteiger partial charge in [-0.1, -0.05) is 27.2 Å². The lowest BCUT2D eigenvalue weighted by Crippen LogP contribution is -2.04. The maximum absolute atomic E-state index is 13.8. The molecule has 22 heavy (non-hydrogen) atoms. The van der Waals surface area contributed by atoms with Crippen molar-refractivity contribution in [2.45, 2.75) is 13.5 Å². The summed E-state index contributed by atoms with van der Waals surface area (Å²) in [4.78, 5) is 8.44. The summed E-state index contributed by atoms with van der Waals surface area (Å²) in [7, 11) is 0. The zero-order chi connectivity index (χ0) is 15.5. The first-order valence-corrected chi connectivity index (χ1v) is 7.36. The van der Waals surface area contributed by atoms with E-state index in [0.717, 1.165) is 0 Å². The highest BCUT2D eigenvalue weighted by molar-refractivity contribution is 9.10. The summed E-state index contributed by atoms with van der Waals surface area (Å²) in [6.07, 6.45) is 1.65. The molecule has 7 heteroatoms. The Morgan fingerprint density at radius 1 is 1.32 bits per heavy atom. The van der Waals surface area contributed by atoms with Crippen LogP contribution in [-0.4, -0.2) is 15.1 Å². The highest BCUT2D eigenvalue weighted by Gasteiger charge is 2.13. The fraction of sp³-hybridized carbons (Fsp3) is 0.133. The molecule has 0 saturated heterocycles. The molecule has 1 aromatic carbocycles. The Balaban J connectivity index is 1.84. The second-order valence-corrected chi connectivity index (χ2v) is 5.55. The molecule has 0 aliphatic heterocycles. The van der Waals surface area contributed by atoms with Gasteiger partial charge >= 0.3 is 0 Å². The molecule has 5 nitrogen and oxygen atoms in total. The van der Waals surface area contributed by atoms with Gasteiger partial charge in [0.25, 0.3) is 5.89 Å². The average molecular weight is 363 g/mol. The van der Waals surface area contributed by atoms with Crippen molar-refractivity contribution in [2.75, 3.05) is 5.32 Å². The summed E-state index contributed by atoms with van der Waals surface area (Å²) in [6, 6.07) is 8.53. The standard InChI is InChI=1S/C15H12BrFN4O/c1-9-20-15(22-21-9)12-3-2-6-18-14(12)19-8-10-4-5-11(16)7-13(10)17/h2-7H,8H2,1H3,(H,18,19). The number of aryl methyl sites for hydroxylation is 1. The van der Waals surface area contributed by atoms with Gasteiger partial charge in [-0.25, -0.2) is 9.37 Å². The molecule has 0 atom stereocenters. The predicted octanol–water partition coefficient (Wildman–Crippen LogP) is 3.95. The van der Waals surface area contributed by atoms with Crippen LogP contribution >= 0.6 is 15.9 Å². The lowest BCUT2D eigenvalue weighted by molar-refractivity contribution is 0.425. The molecular formula is C15H12BrFN4O. The van der Waals surface area contributed by atoms with Crippen LogP contribution in [0.3, 0.4) is 0 Å². The molecule has 0 spiro atoms. The molecule has 0 aliphatic rings. The van der Waals surface area contributed by atoms with E-state index in [2.05, 4.69) is 36.4 Å². The van der Waals surface area contributed by atoms with Crippen LogP contribution in [0.4, 0.5) is 10.2 Å². The Kier molecular flexibility index (Phi) is 4.15. The molecule has 3 rings (SSSR count). The van der Waals surface area contributed by atoms with Crippen LogP contribution in [0.5, 0.6) is 0 Å².